The van der Waals surface area contributed by atoms with E-state index in [-0.39, 0.29) is 0 Å². The molecule has 0 aromatic carbocycles. The summed E-state index contributed by atoms with van der Waals surface area (Å²) in [5.41, 5.74) is 3.83. The molecule has 2 aromatic rings. The molecule has 3 rings (SSSR count). The number of rotatable bonds is 3. The molecule has 94 valence electrons. The fraction of sp³-hybridized carbons (Fsp3) is 0.429. The number of hydrogen-bond acceptors (Lipinski definition) is 4. The molecule has 0 atom stereocenters. The van der Waals surface area contributed by atoms with Crippen molar-refractivity contribution in [3.8, 4) is 0 Å². The van der Waals surface area contributed by atoms with Gasteiger partial charge in [-0.25, -0.2) is 9.97 Å². The minimum Gasteiger partial charge on any atom is -0.311 e. The van der Waals surface area contributed by atoms with Crippen molar-refractivity contribution in [1.29, 1.82) is 0 Å². The minimum absolute atomic E-state index is 0.859. The Hall–Kier alpha value is -1.26. The first-order valence-corrected chi connectivity index (χ1v) is 7.35. The highest BCUT2D eigenvalue weighted by atomic mass is 32.1. The Labute approximate surface area is 111 Å². The Morgan fingerprint density at radius 3 is 3.11 bits per heavy atom. The third kappa shape index (κ3) is 2.31. The van der Waals surface area contributed by atoms with Gasteiger partial charge in [0.2, 0.25) is 0 Å². The number of nitrogens with zero attached hydrogens (tertiary/aromatic N) is 2. The maximum Gasteiger partial charge on any atom is 0.134 e. The highest BCUT2D eigenvalue weighted by Gasteiger charge is 2.16. The lowest BCUT2D eigenvalue weighted by Crippen LogP contribution is -2.27. The summed E-state index contributed by atoms with van der Waals surface area (Å²) in [5, 5.41) is 5.50. The van der Waals surface area contributed by atoms with Gasteiger partial charge in [-0.3, -0.25) is 0 Å². The summed E-state index contributed by atoms with van der Waals surface area (Å²) in [6.07, 6.45) is 2.93. The summed E-state index contributed by atoms with van der Waals surface area (Å²) >= 11 is 1.77. The van der Waals surface area contributed by atoms with E-state index in [4.69, 9.17) is 9.97 Å². The van der Waals surface area contributed by atoms with Crippen LogP contribution < -0.4 is 5.32 Å². The van der Waals surface area contributed by atoms with Crippen LogP contribution in [0.3, 0.4) is 0 Å². The van der Waals surface area contributed by atoms with E-state index < -0.39 is 0 Å². The Morgan fingerprint density at radius 1 is 1.39 bits per heavy atom. The predicted octanol–water partition coefficient (Wildman–Crippen LogP) is 2.34. The van der Waals surface area contributed by atoms with Gasteiger partial charge in [0.05, 0.1) is 5.69 Å². The van der Waals surface area contributed by atoms with Crippen molar-refractivity contribution in [3.63, 3.8) is 0 Å². The van der Waals surface area contributed by atoms with E-state index in [0.717, 1.165) is 38.2 Å². The SMILES string of the molecule is CCc1nc(Cc2cccs2)nc2c1CCNC2. The maximum atomic E-state index is 4.75. The number of aryl methyl sites for hydroxylation is 1. The number of thiophene rings is 1. The lowest BCUT2D eigenvalue weighted by atomic mass is 10.0. The number of fused-ring (bicyclic) bond motifs is 1. The van der Waals surface area contributed by atoms with E-state index in [1.807, 2.05) is 0 Å². The lowest BCUT2D eigenvalue weighted by Gasteiger charge is -2.19. The van der Waals surface area contributed by atoms with Crippen LogP contribution >= 0.6 is 11.3 Å². The summed E-state index contributed by atoms with van der Waals surface area (Å²) < 4.78 is 0. The standard InChI is InChI=1S/C14H17N3S/c1-2-12-11-5-6-15-9-13(11)17-14(16-12)8-10-4-3-7-18-10/h3-4,7,15H,2,5-6,8-9H2,1H3. The van der Waals surface area contributed by atoms with Crippen LogP contribution in [0, 0.1) is 0 Å². The van der Waals surface area contributed by atoms with Crippen LogP contribution in [-0.4, -0.2) is 16.5 Å². The van der Waals surface area contributed by atoms with Crippen LogP contribution in [0.5, 0.6) is 0 Å². The molecule has 0 fully saturated rings. The lowest BCUT2D eigenvalue weighted by molar-refractivity contribution is 0.610. The van der Waals surface area contributed by atoms with Crippen molar-refractivity contribution in [3.05, 3.63) is 45.2 Å². The van der Waals surface area contributed by atoms with E-state index in [1.54, 1.807) is 11.3 Å². The second kappa shape index (κ2) is 5.16. The first-order chi connectivity index (χ1) is 8.86. The zero-order valence-electron chi connectivity index (χ0n) is 10.6. The molecule has 0 amide bonds. The monoisotopic (exact) mass is 259 g/mol. The van der Waals surface area contributed by atoms with Gasteiger partial charge in [0, 0.05) is 23.5 Å². The van der Waals surface area contributed by atoms with Crippen molar-refractivity contribution in [2.75, 3.05) is 6.54 Å². The third-order valence-corrected chi connectivity index (χ3v) is 4.19. The summed E-state index contributed by atoms with van der Waals surface area (Å²) in [6, 6.07) is 4.23. The predicted molar refractivity (Wildman–Crippen MR) is 73.9 cm³/mol. The van der Waals surface area contributed by atoms with Crippen molar-refractivity contribution < 1.29 is 0 Å². The van der Waals surface area contributed by atoms with Crippen LogP contribution in [0.15, 0.2) is 17.5 Å². The zero-order valence-corrected chi connectivity index (χ0v) is 11.4. The van der Waals surface area contributed by atoms with Gasteiger partial charge in [-0.05, 0) is 36.4 Å². The highest BCUT2D eigenvalue weighted by molar-refractivity contribution is 7.09. The largest absolute Gasteiger partial charge is 0.311 e. The molecule has 1 aliphatic heterocycles. The first kappa shape index (κ1) is 11.8. The fourth-order valence-electron chi connectivity index (χ4n) is 2.43. The molecule has 1 aliphatic rings. The molecule has 0 spiro atoms. The molecule has 0 bridgehead atoms. The van der Waals surface area contributed by atoms with Gasteiger partial charge in [0.25, 0.3) is 0 Å². The Bertz CT molecular complexity index is 517. The van der Waals surface area contributed by atoms with Gasteiger partial charge in [-0.2, -0.15) is 0 Å². The van der Waals surface area contributed by atoms with Gasteiger partial charge in [0.1, 0.15) is 5.82 Å². The molecule has 2 aromatic heterocycles. The van der Waals surface area contributed by atoms with Gasteiger partial charge >= 0.3 is 0 Å². The minimum atomic E-state index is 0.859. The Kier molecular flexibility index (Phi) is 3.39. The van der Waals surface area contributed by atoms with Crippen molar-refractivity contribution >= 4 is 11.3 Å². The maximum absolute atomic E-state index is 4.75. The zero-order chi connectivity index (χ0) is 12.4. The summed E-state index contributed by atoms with van der Waals surface area (Å²) in [6.45, 7) is 4.12. The van der Waals surface area contributed by atoms with Crippen LogP contribution in [0.1, 0.15) is 34.6 Å². The molecule has 0 unspecified atom stereocenters. The quantitative estimate of drug-likeness (QED) is 0.919. The molecule has 3 heterocycles. The highest BCUT2D eigenvalue weighted by Crippen LogP contribution is 2.19. The van der Waals surface area contributed by atoms with Crippen LogP contribution in [0.2, 0.25) is 0 Å². The topological polar surface area (TPSA) is 37.8 Å². The van der Waals surface area contributed by atoms with E-state index >= 15 is 0 Å². The van der Waals surface area contributed by atoms with Gasteiger partial charge in [-0.1, -0.05) is 13.0 Å². The molecule has 3 nitrogen and oxygen atoms in total. The van der Waals surface area contributed by atoms with Gasteiger partial charge < -0.3 is 5.32 Å². The smallest absolute Gasteiger partial charge is 0.134 e. The second-order valence-corrected chi connectivity index (χ2v) is 5.58. The average molecular weight is 259 g/mol. The van der Waals surface area contributed by atoms with Crippen molar-refractivity contribution in [2.45, 2.75) is 32.7 Å². The molecular weight excluding hydrogens is 242 g/mol. The number of aromatic nitrogens is 2. The van der Waals surface area contributed by atoms with Crippen molar-refractivity contribution in [2.24, 2.45) is 0 Å². The molecule has 4 heteroatoms. The summed E-state index contributed by atoms with van der Waals surface area (Å²) in [4.78, 5) is 10.8. The molecule has 1 N–H and O–H groups in total. The van der Waals surface area contributed by atoms with Crippen LogP contribution in [0.25, 0.3) is 0 Å². The Morgan fingerprint density at radius 2 is 2.33 bits per heavy atom. The third-order valence-electron chi connectivity index (χ3n) is 3.32. The fourth-order valence-corrected chi connectivity index (χ4v) is 3.14. The molecular formula is C14H17N3S. The first-order valence-electron chi connectivity index (χ1n) is 6.47. The molecule has 0 radical (unpaired) electrons. The van der Waals surface area contributed by atoms with Gasteiger partial charge in [-0.15, -0.1) is 11.3 Å². The molecule has 18 heavy (non-hydrogen) atoms. The number of hydrogen-bond donors (Lipinski definition) is 1. The van der Waals surface area contributed by atoms with E-state index in [0.29, 0.717) is 0 Å². The van der Waals surface area contributed by atoms with Crippen molar-refractivity contribution in [1.82, 2.24) is 15.3 Å². The van der Waals surface area contributed by atoms with E-state index in [2.05, 4.69) is 29.8 Å². The summed E-state index contributed by atoms with van der Waals surface area (Å²) in [7, 11) is 0. The Balaban J connectivity index is 1.95. The number of nitrogens with one attached hydrogen (secondary N) is 1. The van der Waals surface area contributed by atoms with Crippen LogP contribution in [0.4, 0.5) is 0 Å². The molecule has 0 saturated heterocycles. The van der Waals surface area contributed by atoms with Gasteiger partial charge in [0.15, 0.2) is 0 Å². The van der Waals surface area contributed by atoms with E-state index in [1.165, 1.54) is 21.8 Å². The summed E-state index contributed by atoms with van der Waals surface area (Å²) in [5.74, 6) is 0.969. The molecule has 0 saturated carbocycles. The van der Waals surface area contributed by atoms with Crippen LogP contribution in [-0.2, 0) is 25.8 Å². The molecule has 0 aliphatic carbocycles. The second-order valence-electron chi connectivity index (χ2n) is 4.55. The van der Waals surface area contributed by atoms with E-state index in [9.17, 15) is 0 Å². The average Bonchev–Trinajstić information content (AvgIpc) is 2.90. The normalized spacial score (nSPS) is 14.5.